The highest BCUT2D eigenvalue weighted by atomic mass is 16.5. The number of nitrogens with zero attached hydrogens (tertiary/aromatic N) is 1. The van der Waals surface area contributed by atoms with E-state index in [1.54, 1.807) is 7.11 Å². The number of urea groups is 1. The van der Waals surface area contributed by atoms with Crippen LogP contribution < -0.4 is 15.2 Å². The Morgan fingerprint density at radius 1 is 1.12 bits per heavy atom. The Morgan fingerprint density at radius 2 is 1.79 bits per heavy atom. The first-order chi connectivity index (χ1) is 11.6. The molecule has 2 aromatic rings. The van der Waals surface area contributed by atoms with Gasteiger partial charge in [-0.05, 0) is 60.7 Å². The molecule has 1 fully saturated rings. The van der Waals surface area contributed by atoms with Crippen molar-refractivity contribution in [3.05, 3.63) is 54.1 Å². The number of carbonyl (C=O) groups is 1. The zero-order valence-corrected chi connectivity index (χ0v) is 13.4. The first-order valence-electron chi connectivity index (χ1n) is 7.76. The monoisotopic (exact) mass is 328 g/mol. The lowest BCUT2D eigenvalue weighted by Crippen LogP contribution is -2.47. The second kappa shape index (κ2) is 6.80. The fourth-order valence-electron chi connectivity index (χ4n) is 2.85. The Hall–Kier alpha value is -2.73. The number of hydrogen-bond donors (Lipinski definition) is 2. The third kappa shape index (κ3) is 3.44. The number of ether oxygens (including phenoxy) is 2. The van der Waals surface area contributed by atoms with Crippen LogP contribution in [-0.4, -0.2) is 29.5 Å². The van der Waals surface area contributed by atoms with Gasteiger partial charge in [0.2, 0.25) is 0 Å². The summed E-state index contributed by atoms with van der Waals surface area (Å²) in [6, 6.07) is 14.2. The van der Waals surface area contributed by atoms with Gasteiger partial charge in [-0.15, -0.1) is 0 Å². The maximum atomic E-state index is 10.9. The fraction of sp³-hybridized carbons (Fsp3) is 0.278. The Kier molecular flexibility index (Phi) is 4.57. The summed E-state index contributed by atoms with van der Waals surface area (Å²) in [5, 5.41) is 10.1. The maximum Gasteiger partial charge on any atom is 0.338 e. The van der Waals surface area contributed by atoms with Crippen LogP contribution in [0.1, 0.15) is 24.3 Å². The van der Waals surface area contributed by atoms with Gasteiger partial charge >= 0.3 is 6.03 Å². The summed E-state index contributed by atoms with van der Waals surface area (Å²) < 4.78 is 11.0. The summed E-state index contributed by atoms with van der Waals surface area (Å²) in [5.74, 6) is 2.54. The van der Waals surface area contributed by atoms with Crippen molar-refractivity contribution in [2.45, 2.75) is 24.8 Å². The average molecular weight is 328 g/mol. The normalized spacial score (nSPS) is 19.2. The molecule has 1 saturated carbocycles. The Labute approximate surface area is 140 Å². The van der Waals surface area contributed by atoms with Gasteiger partial charge in [-0.3, -0.25) is 5.21 Å². The molecule has 1 aliphatic rings. The van der Waals surface area contributed by atoms with Crippen molar-refractivity contribution in [1.29, 1.82) is 0 Å². The van der Waals surface area contributed by atoms with Crippen LogP contribution in [0, 0.1) is 0 Å². The predicted molar refractivity (Wildman–Crippen MR) is 88.5 cm³/mol. The van der Waals surface area contributed by atoms with Crippen LogP contribution in [0.15, 0.2) is 48.5 Å². The standard InChI is InChI=1S/C18H20N2O4/c1-23-15-5-7-16(8-6-15)24-17-4-2-3-12(11-17)13-9-14(10-13)20(22)18(19)21/h2-8,11,13-14,22H,9-10H2,1H3,(H2,19,21). The lowest BCUT2D eigenvalue weighted by Gasteiger charge is -2.39. The molecule has 0 heterocycles. The summed E-state index contributed by atoms with van der Waals surface area (Å²) >= 11 is 0. The van der Waals surface area contributed by atoms with Crippen LogP contribution in [0.3, 0.4) is 0 Å². The molecule has 0 radical (unpaired) electrons. The number of benzene rings is 2. The van der Waals surface area contributed by atoms with Crippen LogP contribution in [-0.2, 0) is 0 Å². The summed E-state index contributed by atoms with van der Waals surface area (Å²) in [6.07, 6.45) is 1.37. The van der Waals surface area contributed by atoms with E-state index in [2.05, 4.69) is 0 Å². The van der Waals surface area contributed by atoms with Gasteiger partial charge in [-0.1, -0.05) is 12.1 Å². The number of nitrogens with two attached hydrogens (primary N) is 1. The van der Waals surface area contributed by atoms with Gasteiger partial charge in [0.1, 0.15) is 17.2 Å². The minimum absolute atomic E-state index is 0.210. The Balaban J connectivity index is 1.63. The molecule has 6 heteroatoms. The van der Waals surface area contributed by atoms with Crippen LogP contribution in [0.25, 0.3) is 0 Å². The quantitative estimate of drug-likeness (QED) is 0.650. The molecule has 0 saturated heterocycles. The van der Waals surface area contributed by atoms with Gasteiger partial charge in [-0.2, -0.15) is 0 Å². The van der Waals surface area contributed by atoms with E-state index in [0.29, 0.717) is 17.9 Å². The molecule has 0 bridgehead atoms. The summed E-state index contributed by atoms with van der Waals surface area (Å²) in [6.45, 7) is 0. The van der Waals surface area contributed by atoms with E-state index in [-0.39, 0.29) is 12.0 Å². The number of hydroxylamine groups is 2. The van der Waals surface area contributed by atoms with E-state index in [0.717, 1.165) is 22.8 Å². The number of carbonyl (C=O) groups excluding carboxylic acids is 1. The van der Waals surface area contributed by atoms with Crippen LogP contribution in [0.4, 0.5) is 4.79 Å². The third-order valence-electron chi connectivity index (χ3n) is 4.31. The van der Waals surface area contributed by atoms with Crippen LogP contribution in [0.2, 0.25) is 0 Å². The molecule has 2 aromatic carbocycles. The highest BCUT2D eigenvalue weighted by Crippen LogP contribution is 2.40. The van der Waals surface area contributed by atoms with Crippen LogP contribution in [0.5, 0.6) is 17.2 Å². The lowest BCUT2D eigenvalue weighted by molar-refractivity contribution is -0.102. The molecular formula is C18H20N2O4. The predicted octanol–water partition coefficient (Wildman–Crippen LogP) is 3.50. The van der Waals surface area contributed by atoms with E-state index in [1.165, 1.54) is 0 Å². The van der Waals surface area contributed by atoms with E-state index in [4.69, 9.17) is 15.2 Å². The van der Waals surface area contributed by atoms with E-state index in [1.807, 2.05) is 48.5 Å². The summed E-state index contributed by atoms with van der Waals surface area (Å²) in [4.78, 5) is 10.9. The van der Waals surface area contributed by atoms with Crippen molar-refractivity contribution in [2.75, 3.05) is 7.11 Å². The SMILES string of the molecule is COc1ccc(Oc2cccc(C3CC(N(O)C(N)=O)C3)c2)cc1. The van der Waals surface area contributed by atoms with Crippen molar-refractivity contribution in [3.63, 3.8) is 0 Å². The molecular weight excluding hydrogens is 308 g/mol. The Morgan fingerprint density at radius 3 is 2.42 bits per heavy atom. The molecule has 0 spiro atoms. The molecule has 1 aliphatic carbocycles. The first kappa shape index (κ1) is 16.1. The van der Waals surface area contributed by atoms with Gasteiger partial charge < -0.3 is 15.2 Å². The maximum absolute atomic E-state index is 10.9. The zero-order valence-electron chi connectivity index (χ0n) is 13.4. The third-order valence-corrected chi connectivity index (χ3v) is 4.31. The number of hydrogen-bond acceptors (Lipinski definition) is 4. The molecule has 2 amide bonds. The smallest absolute Gasteiger partial charge is 0.338 e. The van der Waals surface area contributed by atoms with Gasteiger partial charge in [0.25, 0.3) is 0 Å². The van der Waals surface area contributed by atoms with Crippen molar-refractivity contribution < 1.29 is 19.5 Å². The first-order valence-corrected chi connectivity index (χ1v) is 7.76. The van der Waals surface area contributed by atoms with Gasteiger partial charge in [0.05, 0.1) is 13.2 Å². The second-order valence-electron chi connectivity index (χ2n) is 5.86. The number of methoxy groups -OCH3 is 1. The molecule has 3 N–H and O–H groups in total. The molecule has 6 nitrogen and oxygen atoms in total. The molecule has 0 unspecified atom stereocenters. The van der Waals surface area contributed by atoms with Crippen LogP contribution >= 0.6 is 0 Å². The van der Waals surface area contributed by atoms with E-state index in [9.17, 15) is 10.0 Å². The van der Waals surface area contributed by atoms with E-state index >= 15 is 0 Å². The highest BCUT2D eigenvalue weighted by molar-refractivity contribution is 5.71. The summed E-state index contributed by atoms with van der Waals surface area (Å²) in [5.41, 5.74) is 6.19. The molecule has 0 aromatic heterocycles. The number of primary amides is 1. The average Bonchev–Trinajstić information content (AvgIpc) is 2.54. The van der Waals surface area contributed by atoms with Gasteiger partial charge in [-0.25, -0.2) is 9.86 Å². The topological polar surface area (TPSA) is 85.0 Å². The highest BCUT2D eigenvalue weighted by Gasteiger charge is 2.36. The molecule has 24 heavy (non-hydrogen) atoms. The fourth-order valence-corrected chi connectivity index (χ4v) is 2.85. The molecule has 126 valence electrons. The van der Waals surface area contributed by atoms with Gasteiger partial charge in [0.15, 0.2) is 0 Å². The van der Waals surface area contributed by atoms with Crippen molar-refractivity contribution in [2.24, 2.45) is 5.73 Å². The van der Waals surface area contributed by atoms with Gasteiger partial charge in [0, 0.05) is 0 Å². The molecule has 0 atom stereocenters. The lowest BCUT2D eigenvalue weighted by atomic mass is 9.75. The number of rotatable bonds is 5. The zero-order chi connectivity index (χ0) is 17.1. The largest absolute Gasteiger partial charge is 0.497 e. The molecule has 0 aliphatic heterocycles. The minimum Gasteiger partial charge on any atom is -0.497 e. The molecule has 3 rings (SSSR count). The summed E-state index contributed by atoms with van der Waals surface area (Å²) in [7, 11) is 1.62. The van der Waals surface area contributed by atoms with Crippen molar-refractivity contribution in [1.82, 2.24) is 5.06 Å². The second-order valence-corrected chi connectivity index (χ2v) is 5.86. The number of amides is 2. The van der Waals surface area contributed by atoms with E-state index < -0.39 is 6.03 Å². The van der Waals surface area contributed by atoms with Crippen molar-refractivity contribution in [3.8, 4) is 17.2 Å². The Bertz CT molecular complexity index is 711. The minimum atomic E-state index is -0.810. The van der Waals surface area contributed by atoms with Crippen molar-refractivity contribution >= 4 is 6.03 Å².